The molecule has 0 bridgehead atoms. The van der Waals surface area contributed by atoms with Crippen LogP contribution in [-0.2, 0) is 33.0 Å². The normalized spacial score (nSPS) is 22.8. The predicted octanol–water partition coefficient (Wildman–Crippen LogP) is 1.51. The maximum atomic E-state index is 12.7. The molecule has 190 valence electrons. The van der Waals surface area contributed by atoms with Gasteiger partial charge in [0.15, 0.2) is 5.82 Å². The zero-order valence-corrected chi connectivity index (χ0v) is 21.9. The Morgan fingerprint density at radius 2 is 1.86 bits per heavy atom. The number of aliphatic hydroxyl groups is 1. The second-order valence-electron chi connectivity index (χ2n) is 10.2. The molecule has 35 heavy (non-hydrogen) atoms. The molecule has 3 heterocycles. The van der Waals surface area contributed by atoms with E-state index in [1.165, 1.54) is 10.6 Å². The minimum absolute atomic E-state index is 0.0188. The minimum atomic E-state index is -3.31. The number of benzene rings is 1. The molecule has 2 aliphatic heterocycles. The Bertz CT molecular complexity index is 1180. The van der Waals surface area contributed by atoms with Gasteiger partial charge in [0.05, 0.1) is 18.4 Å². The Labute approximate surface area is 210 Å². The number of aliphatic hydroxyl groups excluding tert-OH is 1. The Balaban J connectivity index is 1.42. The third kappa shape index (κ3) is 4.89. The second kappa shape index (κ2) is 9.19. The molecule has 1 aromatic carbocycles. The molecule has 2 N–H and O–H groups in total. The van der Waals surface area contributed by atoms with Crippen molar-refractivity contribution in [3.63, 3.8) is 0 Å². The van der Waals surface area contributed by atoms with E-state index < -0.39 is 21.2 Å². The van der Waals surface area contributed by atoms with Gasteiger partial charge in [0.1, 0.15) is 11.4 Å². The molecule has 1 unspecified atom stereocenters. The summed E-state index contributed by atoms with van der Waals surface area (Å²) in [5.41, 5.74) is 1.29. The number of rotatable bonds is 8. The van der Waals surface area contributed by atoms with Crippen LogP contribution in [0.2, 0.25) is 0 Å². The van der Waals surface area contributed by atoms with Crippen LogP contribution in [0, 0.1) is 0 Å². The number of likely N-dealkylation sites (N-methyl/N-ethyl adjacent to an activating group) is 1. The number of nitrogens with one attached hydrogen (secondary N) is 1. The Kier molecular flexibility index (Phi) is 6.50. The Morgan fingerprint density at radius 1 is 1.17 bits per heavy atom. The van der Waals surface area contributed by atoms with E-state index in [0.29, 0.717) is 48.5 Å². The van der Waals surface area contributed by atoms with Crippen LogP contribution in [0.25, 0.3) is 0 Å². The van der Waals surface area contributed by atoms with Crippen molar-refractivity contribution in [2.75, 3.05) is 55.5 Å². The summed E-state index contributed by atoms with van der Waals surface area (Å²) < 4.78 is 38.6. The fourth-order valence-corrected chi connectivity index (χ4v) is 6.93. The first kappa shape index (κ1) is 24.8. The molecule has 0 amide bonds. The number of sulfonamides is 1. The highest BCUT2D eigenvalue weighted by molar-refractivity contribution is 7.91. The van der Waals surface area contributed by atoms with Crippen molar-refractivity contribution in [3.8, 4) is 0 Å². The van der Waals surface area contributed by atoms with E-state index >= 15 is 0 Å². The van der Waals surface area contributed by atoms with Crippen LogP contribution >= 0.6 is 0 Å². The van der Waals surface area contributed by atoms with E-state index in [1.54, 1.807) is 7.05 Å². The van der Waals surface area contributed by atoms with Crippen molar-refractivity contribution < 1.29 is 18.1 Å². The average molecular weight is 520 g/mol. The molecule has 1 saturated carbocycles. The summed E-state index contributed by atoms with van der Waals surface area (Å²) in [6, 6.07) is 10.1. The van der Waals surface area contributed by atoms with Crippen LogP contribution < -0.4 is 10.2 Å². The number of hydrogen-bond acceptors (Lipinski definition) is 8. The molecule has 0 spiro atoms. The first-order chi connectivity index (χ1) is 16.6. The number of aryl methyl sites for hydroxylation is 1. The van der Waals surface area contributed by atoms with Gasteiger partial charge in [-0.05, 0) is 42.4 Å². The second-order valence-corrected chi connectivity index (χ2v) is 13.8. The highest BCUT2D eigenvalue weighted by atomic mass is 32.2. The summed E-state index contributed by atoms with van der Waals surface area (Å²) in [6.45, 7) is 1.79. The van der Waals surface area contributed by atoms with Crippen LogP contribution in [0.1, 0.15) is 36.9 Å². The zero-order valence-electron chi connectivity index (χ0n) is 20.2. The third-order valence-corrected chi connectivity index (χ3v) is 10.4. The number of anilines is 2. The maximum absolute atomic E-state index is 12.7. The highest BCUT2D eigenvalue weighted by Gasteiger charge is 2.45. The SMILES string of the molecule is CN(CC1(c2ccccc2)CCN(c2nc3c(c(NC4(CO)CC4)n2)[S+]([O-])CC3)CC1)S(C)(=O)=O. The van der Waals surface area contributed by atoms with Crippen LogP contribution in [-0.4, -0.2) is 83.2 Å². The molecule has 2 aromatic rings. The number of fused-ring (bicyclic) bond motifs is 1. The summed E-state index contributed by atoms with van der Waals surface area (Å²) in [4.78, 5) is 12.4. The lowest BCUT2D eigenvalue weighted by Crippen LogP contribution is -2.49. The number of hydrogen-bond donors (Lipinski definition) is 2. The quantitative estimate of drug-likeness (QED) is 0.504. The van der Waals surface area contributed by atoms with Gasteiger partial charge in [0.2, 0.25) is 20.9 Å². The maximum Gasteiger partial charge on any atom is 0.227 e. The van der Waals surface area contributed by atoms with Crippen molar-refractivity contribution in [3.05, 3.63) is 41.6 Å². The van der Waals surface area contributed by atoms with E-state index in [4.69, 9.17) is 9.97 Å². The lowest BCUT2D eigenvalue weighted by Gasteiger charge is -2.44. The first-order valence-corrected chi connectivity index (χ1v) is 15.2. The van der Waals surface area contributed by atoms with Crippen LogP contribution in [0.3, 0.4) is 0 Å². The molecular weight excluding hydrogens is 486 g/mol. The van der Waals surface area contributed by atoms with Gasteiger partial charge in [-0.15, -0.1) is 0 Å². The largest absolute Gasteiger partial charge is 0.611 e. The van der Waals surface area contributed by atoms with Crippen molar-refractivity contribution in [2.24, 2.45) is 0 Å². The summed E-state index contributed by atoms with van der Waals surface area (Å²) in [5, 5.41) is 13.2. The van der Waals surface area contributed by atoms with Crippen LogP contribution in [0.4, 0.5) is 11.8 Å². The van der Waals surface area contributed by atoms with Crippen molar-refractivity contribution in [1.29, 1.82) is 0 Å². The van der Waals surface area contributed by atoms with E-state index in [1.807, 2.05) is 18.2 Å². The molecular formula is C24H33N5O4S2. The third-order valence-electron chi connectivity index (χ3n) is 7.70. The van der Waals surface area contributed by atoms with Gasteiger partial charge in [0.25, 0.3) is 0 Å². The zero-order chi connectivity index (χ0) is 24.8. The minimum Gasteiger partial charge on any atom is -0.611 e. The lowest BCUT2D eigenvalue weighted by molar-refractivity contribution is 0.265. The smallest absolute Gasteiger partial charge is 0.227 e. The molecule has 1 aromatic heterocycles. The average Bonchev–Trinajstić information content (AvgIpc) is 3.52. The molecule has 9 nitrogen and oxygen atoms in total. The van der Waals surface area contributed by atoms with Crippen molar-refractivity contribution >= 4 is 33.0 Å². The number of aromatic nitrogens is 2. The monoisotopic (exact) mass is 519 g/mol. The van der Waals surface area contributed by atoms with Crippen LogP contribution in [0.5, 0.6) is 0 Å². The van der Waals surface area contributed by atoms with E-state index in [0.717, 1.165) is 36.9 Å². The Morgan fingerprint density at radius 3 is 2.46 bits per heavy atom. The molecule has 1 aliphatic carbocycles. The van der Waals surface area contributed by atoms with Gasteiger partial charge < -0.3 is 19.9 Å². The van der Waals surface area contributed by atoms with Gasteiger partial charge in [-0.3, -0.25) is 0 Å². The van der Waals surface area contributed by atoms with E-state index in [2.05, 4.69) is 22.3 Å². The topological polar surface area (TPSA) is 122 Å². The number of piperidine rings is 1. The molecule has 2 fully saturated rings. The highest BCUT2D eigenvalue weighted by Crippen LogP contribution is 2.42. The summed E-state index contributed by atoms with van der Waals surface area (Å²) in [5.74, 6) is 1.74. The predicted molar refractivity (Wildman–Crippen MR) is 137 cm³/mol. The fraction of sp³-hybridized carbons (Fsp3) is 0.583. The molecule has 3 aliphatic rings. The van der Waals surface area contributed by atoms with Gasteiger partial charge in [-0.1, -0.05) is 30.3 Å². The van der Waals surface area contributed by atoms with Crippen molar-refractivity contribution in [2.45, 2.75) is 48.0 Å². The number of nitrogens with zero attached hydrogens (tertiary/aromatic N) is 4. The van der Waals surface area contributed by atoms with Gasteiger partial charge >= 0.3 is 0 Å². The molecule has 1 saturated heterocycles. The van der Waals surface area contributed by atoms with Gasteiger partial charge in [-0.2, -0.15) is 4.98 Å². The molecule has 0 radical (unpaired) electrons. The lowest BCUT2D eigenvalue weighted by atomic mass is 9.72. The Hall–Kier alpha value is -1.92. The van der Waals surface area contributed by atoms with Gasteiger partial charge in [0, 0.05) is 38.5 Å². The first-order valence-electron chi connectivity index (χ1n) is 12.0. The van der Waals surface area contributed by atoms with Crippen molar-refractivity contribution in [1.82, 2.24) is 14.3 Å². The summed E-state index contributed by atoms with van der Waals surface area (Å²) >= 11 is -1.13. The molecule has 11 heteroatoms. The van der Waals surface area contributed by atoms with E-state index in [9.17, 15) is 18.1 Å². The van der Waals surface area contributed by atoms with Gasteiger partial charge in [-0.25, -0.2) is 17.7 Å². The fourth-order valence-electron chi connectivity index (χ4n) is 5.14. The summed E-state index contributed by atoms with van der Waals surface area (Å²) in [7, 11) is -1.67. The molecule has 5 rings (SSSR count). The van der Waals surface area contributed by atoms with E-state index in [-0.39, 0.29) is 17.6 Å². The standard InChI is InChI=1S/C24H33N5O4S2/c1-28(35(2,32)33)16-23(18-6-4-3-5-7-18)11-13-29(14-12-23)22-25-19-8-15-34(31)20(19)21(26-22)27-24(17-30)9-10-24/h3-7,30H,8-17H2,1-2H3,(H,25,26,27). The van der Waals surface area contributed by atoms with Crippen LogP contribution in [0.15, 0.2) is 35.2 Å². The summed E-state index contributed by atoms with van der Waals surface area (Å²) in [6.07, 6.45) is 5.14. The molecule has 1 atom stereocenters.